The molecular weight excluding hydrogens is 234 g/mol. The molecule has 0 radical (unpaired) electrons. The molecule has 1 aliphatic carbocycles. The molecule has 0 aliphatic heterocycles. The lowest BCUT2D eigenvalue weighted by Crippen LogP contribution is -2.36. The number of anilines is 1. The smallest absolute Gasteiger partial charge is 0.225 e. The van der Waals surface area contributed by atoms with Crippen molar-refractivity contribution in [3.05, 3.63) is 18.0 Å². The second-order valence-corrected chi connectivity index (χ2v) is 5.33. The van der Waals surface area contributed by atoms with Gasteiger partial charge in [0, 0.05) is 31.0 Å². The predicted octanol–water partition coefficient (Wildman–Crippen LogP) is 3.23. The average molecular weight is 254 g/mol. The standard InChI is InChI=1S/C13H20ClN3/c1-10-4-3-5-12(6-10)17(2)13-15-8-11(7-14)9-16-13/h8-10,12H,3-7H2,1-2H3. The van der Waals surface area contributed by atoms with Crippen molar-refractivity contribution in [2.45, 2.75) is 44.5 Å². The van der Waals surface area contributed by atoms with Crippen LogP contribution in [0, 0.1) is 5.92 Å². The topological polar surface area (TPSA) is 29.0 Å². The van der Waals surface area contributed by atoms with Crippen molar-refractivity contribution < 1.29 is 0 Å². The fourth-order valence-corrected chi connectivity index (χ4v) is 2.65. The van der Waals surface area contributed by atoms with Crippen molar-refractivity contribution in [1.82, 2.24) is 9.97 Å². The first-order chi connectivity index (χ1) is 8.20. The lowest BCUT2D eigenvalue weighted by molar-refractivity contribution is 0.334. The summed E-state index contributed by atoms with van der Waals surface area (Å²) in [6, 6.07) is 0.584. The van der Waals surface area contributed by atoms with Crippen molar-refractivity contribution in [1.29, 1.82) is 0 Å². The summed E-state index contributed by atoms with van der Waals surface area (Å²) in [6.45, 7) is 2.33. The predicted molar refractivity (Wildman–Crippen MR) is 71.4 cm³/mol. The molecule has 1 saturated carbocycles. The van der Waals surface area contributed by atoms with Crippen LogP contribution in [0.25, 0.3) is 0 Å². The Bertz CT molecular complexity index is 352. The quantitative estimate of drug-likeness (QED) is 0.775. The third-order valence-corrected chi connectivity index (χ3v) is 3.93. The maximum atomic E-state index is 5.73. The Hall–Kier alpha value is -0.830. The number of halogens is 1. The zero-order valence-corrected chi connectivity index (χ0v) is 11.3. The third-order valence-electron chi connectivity index (χ3n) is 3.62. The number of alkyl halides is 1. The van der Waals surface area contributed by atoms with E-state index >= 15 is 0 Å². The molecule has 4 heteroatoms. The van der Waals surface area contributed by atoms with Crippen LogP contribution in [0.5, 0.6) is 0 Å². The molecule has 1 aromatic heterocycles. The number of aromatic nitrogens is 2. The molecule has 0 spiro atoms. The number of rotatable bonds is 3. The molecule has 0 N–H and O–H groups in total. The molecule has 2 rings (SSSR count). The summed E-state index contributed by atoms with van der Waals surface area (Å²) in [7, 11) is 2.10. The van der Waals surface area contributed by atoms with Crippen LogP contribution < -0.4 is 4.90 Å². The summed E-state index contributed by atoms with van der Waals surface area (Å²) in [5.41, 5.74) is 0.973. The Morgan fingerprint density at radius 2 is 2.06 bits per heavy atom. The van der Waals surface area contributed by atoms with Crippen LogP contribution in [0.3, 0.4) is 0 Å². The van der Waals surface area contributed by atoms with Gasteiger partial charge in [0.25, 0.3) is 0 Å². The Morgan fingerprint density at radius 1 is 1.35 bits per heavy atom. The van der Waals surface area contributed by atoms with Gasteiger partial charge in [-0.3, -0.25) is 0 Å². The summed E-state index contributed by atoms with van der Waals surface area (Å²) < 4.78 is 0. The van der Waals surface area contributed by atoms with E-state index in [1.165, 1.54) is 25.7 Å². The van der Waals surface area contributed by atoms with E-state index < -0.39 is 0 Å². The summed E-state index contributed by atoms with van der Waals surface area (Å²) in [6.07, 6.45) is 8.81. The van der Waals surface area contributed by atoms with Gasteiger partial charge in [-0.2, -0.15) is 0 Å². The highest BCUT2D eigenvalue weighted by Gasteiger charge is 2.23. The zero-order valence-electron chi connectivity index (χ0n) is 10.6. The molecule has 1 heterocycles. The minimum atomic E-state index is 0.477. The number of hydrogen-bond donors (Lipinski definition) is 0. The molecule has 1 aromatic rings. The fraction of sp³-hybridized carbons (Fsp3) is 0.692. The van der Waals surface area contributed by atoms with Gasteiger partial charge in [0.05, 0.1) is 5.88 Å². The Morgan fingerprint density at radius 3 is 2.65 bits per heavy atom. The Kier molecular flexibility index (Phi) is 4.21. The summed E-state index contributed by atoms with van der Waals surface area (Å²) in [5.74, 6) is 2.11. The van der Waals surface area contributed by atoms with Crippen LogP contribution in [0.1, 0.15) is 38.2 Å². The Balaban J connectivity index is 2.04. The van der Waals surface area contributed by atoms with Crippen LogP contribution >= 0.6 is 11.6 Å². The molecule has 0 bridgehead atoms. The van der Waals surface area contributed by atoms with E-state index in [1.807, 2.05) is 12.4 Å². The van der Waals surface area contributed by atoms with E-state index in [0.717, 1.165) is 17.4 Å². The summed E-state index contributed by atoms with van der Waals surface area (Å²) >= 11 is 5.73. The van der Waals surface area contributed by atoms with Crippen LogP contribution in [0.15, 0.2) is 12.4 Å². The van der Waals surface area contributed by atoms with Gasteiger partial charge in [-0.05, 0) is 18.8 Å². The van der Waals surface area contributed by atoms with Crippen molar-refractivity contribution in [3.63, 3.8) is 0 Å². The van der Waals surface area contributed by atoms with E-state index in [0.29, 0.717) is 11.9 Å². The highest BCUT2D eigenvalue weighted by atomic mass is 35.5. The zero-order chi connectivity index (χ0) is 12.3. The lowest BCUT2D eigenvalue weighted by Gasteiger charge is -2.34. The maximum Gasteiger partial charge on any atom is 0.225 e. The van der Waals surface area contributed by atoms with Gasteiger partial charge in [0.1, 0.15) is 0 Å². The maximum absolute atomic E-state index is 5.73. The van der Waals surface area contributed by atoms with Gasteiger partial charge in [-0.25, -0.2) is 9.97 Å². The third kappa shape index (κ3) is 3.09. The lowest BCUT2D eigenvalue weighted by atomic mass is 9.86. The van der Waals surface area contributed by atoms with Gasteiger partial charge in [-0.1, -0.05) is 19.8 Å². The highest BCUT2D eigenvalue weighted by molar-refractivity contribution is 6.17. The first-order valence-corrected chi connectivity index (χ1v) is 6.84. The van der Waals surface area contributed by atoms with Gasteiger partial charge < -0.3 is 4.90 Å². The second-order valence-electron chi connectivity index (χ2n) is 5.06. The Labute approximate surface area is 108 Å². The molecule has 0 amide bonds. The molecule has 2 unspecified atom stereocenters. The van der Waals surface area contributed by atoms with Gasteiger partial charge >= 0.3 is 0 Å². The second kappa shape index (κ2) is 5.67. The molecule has 0 saturated heterocycles. The molecular formula is C13H20ClN3. The normalized spacial score (nSPS) is 24.6. The van der Waals surface area contributed by atoms with Crippen LogP contribution in [-0.2, 0) is 5.88 Å². The largest absolute Gasteiger partial charge is 0.341 e. The van der Waals surface area contributed by atoms with E-state index in [1.54, 1.807) is 0 Å². The fourth-order valence-electron chi connectivity index (χ4n) is 2.52. The summed E-state index contributed by atoms with van der Waals surface area (Å²) in [4.78, 5) is 11.0. The minimum Gasteiger partial charge on any atom is -0.341 e. The number of hydrogen-bond acceptors (Lipinski definition) is 3. The first kappa shape index (κ1) is 12.6. The SMILES string of the molecule is CC1CCCC(N(C)c2ncc(CCl)cn2)C1. The van der Waals surface area contributed by atoms with Crippen molar-refractivity contribution >= 4 is 17.5 Å². The average Bonchev–Trinajstić information content (AvgIpc) is 2.38. The summed E-state index contributed by atoms with van der Waals surface area (Å²) in [5, 5.41) is 0. The van der Waals surface area contributed by atoms with E-state index in [4.69, 9.17) is 11.6 Å². The van der Waals surface area contributed by atoms with Crippen molar-refractivity contribution in [2.75, 3.05) is 11.9 Å². The first-order valence-electron chi connectivity index (χ1n) is 6.30. The van der Waals surface area contributed by atoms with Crippen molar-refractivity contribution in [2.24, 2.45) is 5.92 Å². The van der Waals surface area contributed by atoms with E-state index in [9.17, 15) is 0 Å². The molecule has 1 fully saturated rings. The molecule has 0 aromatic carbocycles. The molecule has 17 heavy (non-hydrogen) atoms. The van der Waals surface area contributed by atoms with E-state index in [2.05, 4.69) is 28.8 Å². The van der Waals surface area contributed by atoms with Crippen molar-refractivity contribution in [3.8, 4) is 0 Å². The molecule has 2 atom stereocenters. The van der Waals surface area contributed by atoms with Crippen LogP contribution in [0.2, 0.25) is 0 Å². The molecule has 3 nitrogen and oxygen atoms in total. The van der Waals surface area contributed by atoms with Gasteiger partial charge in [0.15, 0.2) is 0 Å². The monoisotopic (exact) mass is 253 g/mol. The molecule has 1 aliphatic rings. The van der Waals surface area contributed by atoms with Gasteiger partial charge in [0.2, 0.25) is 5.95 Å². The highest BCUT2D eigenvalue weighted by Crippen LogP contribution is 2.28. The van der Waals surface area contributed by atoms with Gasteiger partial charge in [-0.15, -0.1) is 11.6 Å². The molecule has 94 valence electrons. The van der Waals surface area contributed by atoms with Crippen LogP contribution in [-0.4, -0.2) is 23.1 Å². The van der Waals surface area contributed by atoms with E-state index in [-0.39, 0.29) is 0 Å². The van der Waals surface area contributed by atoms with Crippen LogP contribution in [0.4, 0.5) is 5.95 Å². The number of nitrogens with zero attached hydrogens (tertiary/aromatic N) is 3. The minimum absolute atomic E-state index is 0.477.